The molecular weight excluding hydrogens is 236 g/mol. The minimum Gasteiger partial charge on any atom is -0.324 e. The molecule has 3 N–H and O–H groups in total. The first-order chi connectivity index (χ1) is 7.91. The third kappa shape index (κ3) is 4.02. The fourth-order valence-electron chi connectivity index (χ4n) is 1.58. The molecule has 0 heterocycles. The van der Waals surface area contributed by atoms with Crippen LogP contribution < -0.4 is 11.1 Å². The van der Waals surface area contributed by atoms with Gasteiger partial charge in [-0.3, -0.25) is 4.79 Å². The molecule has 4 heteroatoms. The lowest BCUT2D eigenvalue weighted by Crippen LogP contribution is -2.36. The second-order valence-electron chi connectivity index (χ2n) is 4.64. The van der Waals surface area contributed by atoms with E-state index in [1.807, 2.05) is 26.8 Å². The summed E-state index contributed by atoms with van der Waals surface area (Å²) in [5, 5.41) is 3.45. The van der Waals surface area contributed by atoms with Crippen LogP contribution in [0.5, 0.6) is 0 Å². The molecule has 1 atom stereocenters. The largest absolute Gasteiger partial charge is 0.324 e. The predicted octanol–water partition coefficient (Wildman–Crippen LogP) is 2.96. The zero-order valence-corrected chi connectivity index (χ0v) is 11.2. The number of halogens is 1. The van der Waals surface area contributed by atoms with Crippen molar-refractivity contribution in [1.29, 1.82) is 0 Å². The molecule has 3 nitrogen and oxygen atoms in total. The van der Waals surface area contributed by atoms with Crippen LogP contribution >= 0.6 is 11.6 Å². The van der Waals surface area contributed by atoms with Crippen LogP contribution in [-0.2, 0) is 4.79 Å². The fraction of sp³-hybridized carbons (Fsp3) is 0.462. The van der Waals surface area contributed by atoms with Crippen LogP contribution in [0.15, 0.2) is 18.2 Å². The number of hydrogen-bond acceptors (Lipinski definition) is 2. The highest BCUT2D eigenvalue weighted by Crippen LogP contribution is 2.23. The van der Waals surface area contributed by atoms with E-state index in [1.54, 1.807) is 12.1 Å². The molecule has 1 aromatic rings. The number of nitrogens with two attached hydrogens (primary N) is 1. The van der Waals surface area contributed by atoms with Gasteiger partial charge in [-0.25, -0.2) is 0 Å². The van der Waals surface area contributed by atoms with Crippen molar-refractivity contribution in [2.24, 2.45) is 11.7 Å². The Kier molecular flexibility index (Phi) is 4.97. The van der Waals surface area contributed by atoms with E-state index in [2.05, 4.69) is 5.32 Å². The third-order valence-corrected chi connectivity index (χ3v) is 3.00. The Morgan fingerprint density at radius 2 is 2.12 bits per heavy atom. The molecular formula is C13H19ClN2O. The van der Waals surface area contributed by atoms with Gasteiger partial charge in [-0.15, -0.1) is 0 Å². The Morgan fingerprint density at radius 1 is 1.47 bits per heavy atom. The Balaban J connectivity index is 2.71. The zero-order chi connectivity index (χ0) is 13.0. The third-order valence-electron chi connectivity index (χ3n) is 2.59. The molecule has 0 unspecified atom stereocenters. The summed E-state index contributed by atoms with van der Waals surface area (Å²) in [6.07, 6.45) is 0.672. The number of amides is 1. The number of carbonyl (C=O) groups is 1. The number of carbonyl (C=O) groups excluding carboxylic acids is 1. The van der Waals surface area contributed by atoms with E-state index in [1.165, 1.54) is 0 Å². The van der Waals surface area contributed by atoms with Crippen LogP contribution in [0.3, 0.4) is 0 Å². The summed E-state index contributed by atoms with van der Waals surface area (Å²) < 4.78 is 0. The van der Waals surface area contributed by atoms with E-state index in [-0.39, 0.29) is 5.91 Å². The molecule has 0 saturated heterocycles. The number of benzene rings is 1. The fourth-order valence-corrected chi connectivity index (χ4v) is 1.76. The van der Waals surface area contributed by atoms with Gasteiger partial charge in [0.05, 0.1) is 6.04 Å². The second kappa shape index (κ2) is 6.03. The van der Waals surface area contributed by atoms with Gasteiger partial charge in [0.15, 0.2) is 0 Å². The molecule has 0 bridgehead atoms. The van der Waals surface area contributed by atoms with Crippen LogP contribution in [0, 0.1) is 12.8 Å². The maximum absolute atomic E-state index is 11.8. The highest BCUT2D eigenvalue weighted by atomic mass is 35.5. The van der Waals surface area contributed by atoms with Crippen LogP contribution in [0.2, 0.25) is 5.02 Å². The Labute approximate surface area is 107 Å². The molecule has 0 radical (unpaired) electrons. The van der Waals surface area contributed by atoms with Gasteiger partial charge in [-0.2, -0.15) is 0 Å². The molecule has 0 spiro atoms. The first kappa shape index (κ1) is 14.0. The summed E-state index contributed by atoms with van der Waals surface area (Å²) in [6.45, 7) is 5.95. The van der Waals surface area contributed by atoms with Gasteiger partial charge >= 0.3 is 0 Å². The zero-order valence-electron chi connectivity index (χ0n) is 10.5. The highest BCUT2D eigenvalue weighted by Gasteiger charge is 2.16. The average molecular weight is 255 g/mol. The predicted molar refractivity (Wildman–Crippen MR) is 72.2 cm³/mol. The average Bonchev–Trinajstić information content (AvgIpc) is 2.23. The first-order valence-corrected chi connectivity index (χ1v) is 6.11. The summed E-state index contributed by atoms with van der Waals surface area (Å²) in [6, 6.07) is 4.94. The molecule has 0 saturated carbocycles. The van der Waals surface area contributed by atoms with Crippen LogP contribution in [0.4, 0.5) is 5.69 Å². The quantitative estimate of drug-likeness (QED) is 0.868. The molecule has 0 aliphatic rings. The lowest BCUT2D eigenvalue weighted by Gasteiger charge is -2.15. The van der Waals surface area contributed by atoms with Crippen molar-refractivity contribution >= 4 is 23.2 Å². The topological polar surface area (TPSA) is 55.1 Å². The minimum atomic E-state index is -0.478. The summed E-state index contributed by atoms with van der Waals surface area (Å²) in [5.74, 6) is 0.236. The Morgan fingerprint density at radius 3 is 2.71 bits per heavy atom. The van der Waals surface area contributed by atoms with Gasteiger partial charge in [0.2, 0.25) is 5.91 Å². The van der Waals surface area contributed by atoms with Crippen molar-refractivity contribution in [1.82, 2.24) is 0 Å². The van der Waals surface area contributed by atoms with Gasteiger partial charge in [-0.05, 0) is 37.0 Å². The van der Waals surface area contributed by atoms with Crippen molar-refractivity contribution in [3.8, 4) is 0 Å². The maximum atomic E-state index is 11.8. The Hall–Kier alpha value is -1.06. The van der Waals surface area contributed by atoms with E-state index < -0.39 is 6.04 Å². The monoisotopic (exact) mass is 254 g/mol. The van der Waals surface area contributed by atoms with Crippen molar-refractivity contribution in [3.63, 3.8) is 0 Å². The summed E-state index contributed by atoms with van der Waals surface area (Å²) in [5.41, 5.74) is 7.39. The van der Waals surface area contributed by atoms with Gasteiger partial charge < -0.3 is 11.1 Å². The van der Waals surface area contributed by atoms with Crippen LogP contribution in [-0.4, -0.2) is 11.9 Å². The molecule has 0 aliphatic carbocycles. The smallest absolute Gasteiger partial charge is 0.241 e. The van der Waals surface area contributed by atoms with Crippen molar-refractivity contribution in [2.45, 2.75) is 33.2 Å². The molecule has 1 amide bonds. The number of nitrogens with one attached hydrogen (secondary N) is 1. The molecule has 0 fully saturated rings. The lowest BCUT2D eigenvalue weighted by molar-refractivity contribution is -0.117. The summed E-state index contributed by atoms with van der Waals surface area (Å²) in [7, 11) is 0. The minimum absolute atomic E-state index is 0.163. The van der Waals surface area contributed by atoms with Crippen molar-refractivity contribution in [2.75, 3.05) is 5.32 Å². The van der Waals surface area contributed by atoms with Crippen LogP contribution in [0.25, 0.3) is 0 Å². The maximum Gasteiger partial charge on any atom is 0.241 e. The van der Waals surface area contributed by atoms with Crippen molar-refractivity contribution < 1.29 is 4.79 Å². The molecule has 0 aliphatic heterocycles. The standard InChI is InChI=1S/C13H19ClN2O/c1-8(2)7-11(15)13(17)16-12-6-4-5-10(14)9(12)3/h4-6,8,11H,7,15H2,1-3H3,(H,16,17)/t11-/m1/s1. The van der Waals surface area contributed by atoms with Gasteiger partial charge in [0.25, 0.3) is 0 Å². The van der Waals surface area contributed by atoms with Crippen molar-refractivity contribution in [3.05, 3.63) is 28.8 Å². The van der Waals surface area contributed by atoms with Gasteiger partial charge in [-0.1, -0.05) is 31.5 Å². The van der Waals surface area contributed by atoms with E-state index in [4.69, 9.17) is 17.3 Å². The van der Waals surface area contributed by atoms with E-state index in [0.29, 0.717) is 17.4 Å². The molecule has 94 valence electrons. The molecule has 17 heavy (non-hydrogen) atoms. The molecule has 1 aromatic carbocycles. The molecule has 1 rings (SSSR count). The molecule has 0 aromatic heterocycles. The summed E-state index contributed by atoms with van der Waals surface area (Å²) in [4.78, 5) is 11.8. The number of hydrogen-bond donors (Lipinski definition) is 2. The van der Waals surface area contributed by atoms with E-state index in [9.17, 15) is 4.79 Å². The van der Waals surface area contributed by atoms with Gasteiger partial charge in [0.1, 0.15) is 0 Å². The summed E-state index contributed by atoms with van der Waals surface area (Å²) >= 11 is 5.98. The number of rotatable bonds is 4. The SMILES string of the molecule is Cc1c(Cl)cccc1NC(=O)[C@H](N)CC(C)C. The highest BCUT2D eigenvalue weighted by molar-refractivity contribution is 6.31. The lowest BCUT2D eigenvalue weighted by atomic mass is 10.0. The second-order valence-corrected chi connectivity index (χ2v) is 5.04. The van der Waals surface area contributed by atoms with E-state index in [0.717, 1.165) is 11.3 Å². The van der Waals surface area contributed by atoms with E-state index >= 15 is 0 Å². The van der Waals surface area contributed by atoms with Crippen LogP contribution in [0.1, 0.15) is 25.8 Å². The number of anilines is 1. The normalized spacial score (nSPS) is 12.6. The van der Waals surface area contributed by atoms with Gasteiger partial charge in [0, 0.05) is 10.7 Å². The first-order valence-electron chi connectivity index (χ1n) is 5.73. The Bertz CT molecular complexity index is 404.